The predicted molar refractivity (Wildman–Crippen MR) is 90.1 cm³/mol. The Morgan fingerprint density at radius 3 is 2.62 bits per heavy atom. The van der Waals surface area contributed by atoms with Crippen molar-refractivity contribution in [2.24, 2.45) is 0 Å². The highest BCUT2D eigenvalue weighted by atomic mass is 79.9. The van der Waals surface area contributed by atoms with Crippen molar-refractivity contribution < 1.29 is 9.47 Å². The molecule has 3 rings (SSSR count). The van der Waals surface area contributed by atoms with Gasteiger partial charge in [0, 0.05) is 16.2 Å². The second-order valence-electron chi connectivity index (χ2n) is 4.33. The molecule has 0 aliphatic heterocycles. The van der Waals surface area contributed by atoms with E-state index in [1.54, 1.807) is 25.6 Å². The topological polar surface area (TPSA) is 43.4 Å². The molecule has 0 aliphatic carbocycles. The predicted octanol–water partition coefficient (Wildman–Crippen LogP) is 4.82. The SMILES string of the molecule is COc1ccc(Nc2nc3cc(Br)ccc3s2)cc1OC. The number of thiazole rings is 1. The first-order valence-corrected chi connectivity index (χ1v) is 7.85. The fourth-order valence-electron chi connectivity index (χ4n) is 1.99. The lowest BCUT2D eigenvalue weighted by atomic mass is 10.3. The van der Waals surface area contributed by atoms with Crippen LogP contribution in [0.5, 0.6) is 11.5 Å². The van der Waals surface area contributed by atoms with E-state index in [-0.39, 0.29) is 0 Å². The molecule has 21 heavy (non-hydrogen) atoms. The lowest BCUT2D eigenvalue weighted by Gasteiger charge is -2.09. The molecule has 3 aromatic rings. The van der Waals surface area contributed by atoms with Crippen molar-refractivity contribution in [2.75, 3.05) is 19.5 Å². The summed E-state index contributed by atoms with van der Waals surface area (Å²) in [7, 11) is 3.24. The molecule has 0 atom stereocenters. The summed E-state index contributed by atoms with van der Waals surface area (Å²) in [6.45, 7) is 0. The highest BCUT2D eigenvalue weighted by Gasteiger charge is 2.08. The van der Waals surface area contributed by atoms with Crippen LogP contribution in [0.25, 0.3) is 10.2 Å². The standard InChI is InChI=1S/C15H13BrN2O2S/c1-19-12-5-4-10(8-13(12)20-2)17-15-18-11-7-9(16)3-6-14(11)21-15/h3-8H,1-2H3,(H,17,18). The number of rotatable bonds is 4. The van der Waals surface area contributed by atoms with E-state index >= 15 is 0 Å². The number of ether oxygens (including phenoxy) is 2. The first kappa shape index (κ1) is 14.2. The van der Waals surface area contributed by atoms with Gasteiger partial charge in [-0.1, -0.05) is 27.3 Å². The van der Waals surface area contributed by atoms with Gasteiger partial charge in [-0.3, -0.25) is 0 Å². The molecule has 0 saturated heterocycles. The monoisotopic (exact) mass is 364 g/mol. The van der Waals surface area contributed by atoms with Crippen molar-refractivity contribution >= 4 is 48.3 Å². The van der Waals surface area contributed by atoms with E-state index < -0.39 is 0 Å². The summed E-state index contributed by atoms with van der Waals surface area (Å²) in [6, 6.07) is 11.8. The van der Waals surface area contributed by atoms with Crippen LogP contribution in [0.4, 0.5) is 10.8 Å². The number of nitrogens with one attached hydrogen (secondary N) is 1. The molecule has 0 radical (unpaired) electrons. The van der Waals surface area contributed by atoms with Crippen LogP contribution >= 0.6 is 27.3 Å². The molecule has 4 nitrogen and oxygen atoms in total. The van der Waals surface area contributed by atoms with E-state index in [1.165, 1.54) is 0 Å². The molecule has 0 aliphatic rings. The minimum absolute atomic E-state index is 0.686. The van der Waals surface area contributed by atoms with Crippen LogP contribution in [0.15, 0.2) is 40.9 Å². The van der Waals surface area contributed by atoms with E-state index in [4.69, 9.17) is 9.47 Å². The Morgan fingerprint density at radius 2 is 1.86 bits per heavy atom. The van der Waals surface area contributed by atoms with Gasteiger partial charge in [0.25, 0.3) is 0 Å². The first-order valence-electron chi connectivity index (χ1n) is 6.25. The van der Waals surface area contributed by atoms with Gasteiger partial charge in [0.05, 0.1) is 24.4 Å². The van der Waals surface area contributed by atoms with E-state index in [0.29, 0.717) is 11.5 Å². The summed E-state index contributed by atoms with van der Waals surface area (Å²) in [5, 5.41) is 4.14. The van der Waals surface area contributed by atoms with Crippen LogP contribution in [0.3, 0.4) is 0 Å². The summed E-state index contributed by atoms with van der Waals surface area (Å²) in [5.41, 5.74) is 1.88. The molecule has 108 valence electrons. The van der Waals surface area contributed by atoms with Gasteiger partial charge in [-0.2, -0.15) is 0 Å². The number of nitrogens with zero attached hydrogens (tertiary/aromatic N) is 1. The molecule has 1 N–H and O–H groups in total. The summed E-state index contributed by atoms with van der Waals surface area (Å²) in [4.78, 5) is 4.57. The number of methoxy groups -OCH3 is 2. The molecule has 0 unspecified atom stereocenters. The van der Waals surface area contributed by atoms with Gasteiger partial charge in [0.1, 0.15) is 0 Å². The molecule has 0 spiro atoms. The van der Waals surface area contributed by atoms with Crippen LogP contribution in [0.2, 0.25) is 0 Å². The lowest BCUT2D eigenvalue weighted by Crippen LogP contribution is -1.93. The van der Waals surface area contributed by atoms with Crippen LogP contribution < -0.4 is 14.8 Å². The van der Waals surface area contributed by atoms with Gasteiger partial charge in [0.15, 0.2) is 16.6 Å². The molecule has 0 amide bonds. The molecule has 2 aromatic carbocycles. The highest BCUT2D eigenvalue weighted by molar-refractivity contribution is 9.10. The number of fused-ring (bicyclic) bond motifs is 1. The van der Waals surface area contributed by atoms with Crippen LogP contribution in [-0.4, -0.2) is 19.2 Å². The van der Waals surface area contributed by atoms with Crippen molar-refractivity contribution in [2.45, 2.75) is 0 Å². The van der Waals surface area contributed by atoms with E-state index in [1.807, 2.05) is 30.3 Å². The number of halogens is 1. The zero-order valence-corrected chi connectivity index (χ0v) is 13.9. The quantitative estimate of drug-likeness (QED) is 0.720. The number of anilines is 2. The van der Waals surface area contributed by atoms with E-state index in [9.17, 15) is 0 Å². The zero-order valence-electron chi connectivity index (χ0n) is 11.5. The van der Waals surface area contributed by atoms with Gasteiger partial charge >= 0.3 is 0 Å². The maximum atomic E-state index is 5.30. The third kappa shape index (κ3) is 2.96. The van der Waals surface area contributed by atoms with Gasteiger partial charge < -0.3 is 14.8 Å². The fraction of sp³-hybridized carbons (Fsp3) is 0.133. The Kier molecular flexibility index (Phi) is 3.98. The third-order valence-electron chi connectivity index (χ3n) is 2.98. The van der Waals surface area contributed by atoms with Crippen molar-refractivity contribution in [3.8, 4) is 11.5 Å². The maximum Gasteiger partial charge on any atom is 0.188 e. The number of hydrogen-bond donors (Lipinski definition) is 1. The van der Waals surface area contributed by atoms with Gasteiger partial charge in [-0.05, 0) is 30.3 Å². The molecular formula is C15H13BrN2O2S. The Balaban J connectivity index is 1.91. The van der Waals surface area contributed by atoms with Crippen molar-refractivity contribution in [1.82, 2.24) is 4.98 Å². The molecule has 1 heterocycles. The second-order valence-corrected chi connectivity index (χ2v) is 6.27. The Bertz CT molecular complexity index is 788. The largest absolute Gasteiger partial charge is 0.493 e. The van der Waals surface area contributed by atoms with Crippen LogP contribution in [0, 0.1) is 0 Å². The molecule has 1 aromatic heterocycles. The summed E-state index contributed by atoms with van der Waals surface area (Å²) >= 11 is 5.07. The van der Waals surface area contributed by atoms with E-state index in [0.717, 1.165) is 25.5 Å². The molecule has 0 saturated carbocycles. The van der Waals surface area contributed by atoms with Gasteiger partial charge in [-0.25, -0.2) is 4.98 Å². The number of hydrogen-bond acceptors (Lipinski definition) is 5. The lowest BCUT2D eigenvalue weighted by molar-refractivity contribution is 0.355. The molecule has 0 fully saturated rings. The minimum atomic E-state index is 0.686. The Labute approximate surface area is 134 Å². The molecule has 6 heteroatoms. The smallest absolute Gasteiger partial charge is 0.188 e. The van der Waals surface area contributed by atoms with Crippen molar-refractivity contribution in [3.63, 3.8) is 0 Å². The van der Waals surface area contributed by atoms with Crippen LogP contribution in [-0.2, 0) is 0 Å². The Hall–Kier alpha value is -1.79. The summed E-state index contributed by atoms with van der Waals surface area (Å²) in [5.74, 6) is 1.39. The molecule has 0 bridgehead atoms. The zero-order chi connectivity index (χ0) is 14.8. The summed E-state index contributed by atoms with van der Waals surface area (Å²) in [6.07, 6.45) is 0. The van der Waals surface area contributed by atoms with Crippen LogP contribution in [0.1, 0.15) is 0 Å². The van der Waals surface area contributed by atoms with Gasteiger partial charge in [-0.15, -0.1) is 0 Å². The normalized spacial score (nSPS) is 10.6. The Morgan fingerprint density at radius 1 is 1.05 bits per heavy atom. The minimum Gasteiger partial charge on any atom is -0.493 e. The maximum absolute atomic E-state index is 5.30. The highest BCUT2D eigenvalue weighted by Crippen LogP contribution is 2.33. The molecular weight excluding hydrogens is 352 g/mol. The average molecular weight is 365 g/mol. The van der Waals surface area contributed by atoms with E-state index in [2.05, 4.69) is 32.3 Å². The second kappa shape index (κ2) is 5.91. The average Bonchev–Trinajstić information content (AvgIpc) is 2.88. The number of benzene rings is 2. The van der Waals surface area contributed by atoms with Crippen molar-refractivity contribution in [1.29, 1.82) is 0 Å². The fourth-order valence-corrected chi connectivity index (χ4v) is 3.21. The first-order chi connectivity index (χ1) is 10.2. The summed E-state index contributed by atoms with van der Waals surface area (Å²) < 4.78 is 12.7. The van der Waals surface area contributed by atoms with Gasteiger partial charge in [0.2, 0.25) is 0 Å². The third-order valence-corrected chi connectivity index (χ3v) is 4.43. The number of aromatic nitrogens is 1. The van der Waals surface area contributed by atoms with Crippen molar-refractivity contribution in [3.05, 3.63) is 40.9 Å².